The van der Waals surface area contributed by atoms with Crippen LogP contribution in [0.2, 0.25) is 0 Å². The zero-order valence-electron chi connectivity index (χ0n) is 14.0. The number of aliphatic hydroxyl groups is 4. The largest absolute Gasteiger partial charge is 1.00 e. The molecule has 6 heteroatoms. The van der Waals surface area contributed by atoms with E-state index in [1.165, 1.54) is 32.1 Å². The molecule has 0 aromatic rings. The third kappa shape index (κ3) is 7.23. The Labute approximate surface area is 145 Å². The van der Waals surface area contributed by atoms with E-state index in [-0.39, 0.29) is 17.0 Å². The molecule has 0 aromatic heterocycles. The molecule has 1 saturated heterocycles. The second-order valence-electron chi connectivity index (χ2n) is 6.95. The van der Waals surface area contributed by atoms with Crippen molar-refractivity contribution >= 4 is 0 Å². The van der Waals surface area contributed by atoms with Crippen LogP contribution in [0.4, 0.5) is 0 Å². The fraction of sp³-hybridized carbons (Fsp3) is 1.00. The monoisotopic (exact) mass is 383 g/mol. The summed E-state index contributed by atoms with van der Waals surface area (Å²) in [5.41, 5.74) is 0. The first kappa shape index (κ1) is 22.3. The second-order valence-corrected chi connectivity index (χ2v) is 6.95. The summed E-state index contributed by atoms with van der Waals surface area (Å²) in [5, 5.41) is 39.4. The molecular weight excluding hydrogens is 350 g/mol. The molecule has 4 N–H and O–H groups in total. The van der Waals surface area contributed by atoms with Gasteiger partial charge in [0.2, 0.25) is 0 Å². The van der Waals surface area contributed by atoms with Crippen molar-refractivity contribution in [3.63, 3.8) is 0 Å². The number of nitrogens with zero attached hydrogens (tertiary/aromatic N) is 1. The van der Waals surface area contributed by atoms with Crippen LogP contribution >= 0.6 is 0 Å². The average Bonchev–Trinajstić information content (AvgIpc) is 2.50. The van der Waals surface area contributed by atoms with Crippen LogP contribution in [0, 0.1) is 0 Å². The molecule has 134 valence electrons. The number of aliphatic hydroxyl groups excluding tert-OH is 4. The lowest BCUT2D eigenvalue weighted by Gasteiger charge is -2.35. The lowest BCUT2D eigenvalue weighted by Crippen LogP contribution is -3.00. The molecule has 0 amide bonds. The number of hydrogen-bond donors (Lipinski definition) is 4. The van der Waals surface area contributed by atoms with Gasteiger partial charge in [0.25, 0.3) is 0 Å². The molecule has 1 rings (SSSR count). The van der Waals surface area contributed by atoms with Gasteiger partial charge in [-0.25, -0.2) is 0 Å². The van der Waals surface area contributed by atoms with Gasteiger partial charge in [0.05, 0.1) is 13.6 Å². The Hall–Kier alpha value is 0.280. The molecule has 0 spiro atoms. The predicted octanol–water partition coefficient (Wildman–Crippen LogP) is -2.36. The van der Waals surface area contributed by atoms with Gasteiger partial charge in [-0.2, -0.15) is 0 Å². The van der Waals surface area contributed by atoms with Crippen molar-refractivity contribution < 1.29 is 41.9 Å². The molecule has 0 saturated carbocycles. The quantitative estimate of drug-likeness (QED) is 0.279. The van der Waals surface area contributed by atoms with Gasteiger partial charge in [0.1, 0.15) is 37.5 Å². The van der Waals surface area contributed by atoms with Crippen LogP contribution < -0.4 is 17.0 Å². The highest BCUT2D eigenvalue weighted by atomic mass is 79.9. The zero-order chi connectivity index (χ0) is 15.9. The van der Waals surface area contributed by atoms with Crippen LogP contribution in [0.5, 0.6) is 0 Å². The topological polar surface area (TPSA) is 80.9 Å². The molecule has 1 aliphatic rings. The maximum Gasteiger partial charge on any atom is 0.131 e. The van der Waals surface area contributed by atoms with Crippen LogP contribution in [0.15, 0.2) is 0 Å². The van der Waals surface area contributed by atoms with Crippen molar-refractivity contribution in [3.8, 4) is 0 Å². The molecule has 0 aromatic carbocycles. The summed E-state index contributed by atoms with van der Waals surface area (Å²) < 4.78 is 0.505. The highest BCUT2D eigenvalue weighted by Crippen LogP contribution is 2.20. The molecule has 1 fully saturated rings. The molecule has 22 heavy (non-hydrogen) atoms. The first-order chi connectivity index (χ1) is 9.89. The molecule has 0 unspecified atom stereocenters. The summed E-state index contributed by atoms with van der Waals surface area (Å²) >= 11 is 0. The van der Waals surface area contributed by atoms with Gasteiger partial charge in [-0.15, -0.1) is 0 Å². The smallest absolute Gasteiger partial charge is 0.131 e. The first-order valence-corrected chi connectivity index (χ1v) is 8.45. The van der Waals surface area contributed by atoms with Crippen molar-refractivity contribution in [1.82, 2.24) is 0 Å². The molecule has 0 bridgehead atoms. The zero-order valence-corrected chi connectivity index (χ0v) is 15.6. The lowest BCUT2D eigenvalue weighted by atomic mass is 10.1. The third-order valence-electron chi connectivity index (χ3n) is 4.70. The van der Waals surface area contributed by atoms with E-state index < -0.39 is 24.4 Å². The highest BCUT2D eigenvalue weighted by molar-refractivity contribution is 4.84. The summed E-state index contributed by atoms with van der Waals surface area (Å²) in [5.74, 6) is 0. The van der Waals surface area contributed by atoms with Gasteiger partial charge >= 0.3 is 0 Å². The standard InChI is InChI=1S/C16H34NO4.BrH/c1-3-4-5-6-7-8-9-10-17(2)11-13(18)15(20)16(21)14(19)12-17;/h13-16,18-21H,3-12H2,1-2H3;1H/q+1;/p-1/t13-,14-,15-,16-;/m1./s1. The van der Waals surface area contributed by atoms with Gasteiger partial charge in [-0.1, -0.05) is 39.0 Å². The summed E-state index contributed by atoms with van der Waals surface area (Å²) in [6, 6.07) is 0. The SMILES string of the molecule is CCCCCCCCC[N+]1(C)C[C@@H](O)[C@@H](O)[C@H](O)[C@H](O)C1.[Br-]. The van der Waals surface area contributed by atoms with E-state index in [0.29, 0.717) is 17.6 Å². The van der Waals surface area contributed by atoms with Crippen molar-refractivity contribution in [2.24, 2.45) is 0 Å². The molecule has 0 radical (unpaired) electrons. The van der Waals surface area contributed by atoms with Crippen molar-refractivity contribution in [2.45, 2.75) is 76.3 Å². The number of rotatable bonds is 8. The summed E-state index contributed by atoms with van der Waals surface area (Å²) in [4.78, 5) is 0. The number of hydrogen-bond acceptors (Lipinski definition) is 4. The minimum atomic E-state index is -1.26. The van der Waals surface area contributed by atoms with E-state index in [4.69, 9.17) is 0 Å². The number of unbranched alkanes of at least 4 members (excludes halogenated alkanes) is 6. The Morgan fingerprint density at radius 3 is 1.64 bits per heavy atom. The third-order valence-corrected chi connectivity index (χ3v) is 4.70. The lowest BCUT2D eigenvalue weighted by molar-refractivity contribution is -0.914. The minimum absolute atomic E-state index is 0. The fourth-order valence-corrected chi connectivity index (χ4v) is 3.28. The van der Waals surface area contributed by atoms with Crippen LogP contribution in [0.3, 0.4) is 0 Å². The number of likely N-dealkylation sites (tertiary alicyclic amines) is 1. The normalized spacial score (nSPS) is 35.7. The molecule has 5 nitrogen and oxygen atoms in total. The van der Waals surface area contributed by atoms with Crippen LogP contribution in [-0.4, -0.2) is 76.0 Å². The Kier molecular flexibility index (Phi) is 11.1. The van der Waals surface area contributed by atoms with Crippen LogP contribution in [-0.2, 0) is 0 Å². The molecule has 4 atom stereocenters. The Morgan fingerprint density at radius 1 is 0.773 bits per heavy atom. The van der Waals surface area contributed by atoms with E-state index in [0.717, 1.165) is 19.4 Å². The maximum atomic E-state index is 9.94. The fourth-order valence-electron chi connectivity index (χ4n) is 3.28. The number of quaternary nitrogens is 1. The number of likely N-dealkylation sites (N-methyl/N-ethyl adjacent to an activating group) is 1. The van der Waals surface area contributed by atoms with Crippen molar-refractivity contribution in [1.29, 1.82) is 0 Å². The van der Waals surface area contributed by atoms with E-state index in [9.17, 15) is 20.4 Å². The van der Waals surface area contributed by atoms with Gasteiger partial charge in [-0.3, -0.25) is 0 Å². The predicted molar refractivity (Wildman–Crippen MR) is 82.8 cm³/mol. The molecule has 0 aliphatic carbocycles. The van der Waals surface area contributed by atoms with Gasteiger partial charge in [-0.05, 0) is 12.8 Å². The Morgan fingerprint density at radius 2 is 1.18 bits per heavy atom. The van der Waals surface area contributed by atoms with Crippen LogP contribution in [0.1, 0.15) is 51.9 Å². The Bertz CT molecular complexity index is 277. The van der Waals surface area contributed by atoms with E-state index >= 15 is 0 Å². The summed E-state index contributed by atoms with van der Waals surface area (Å²) in [7, 11) is 1.98. The Balaban J connectivity index is 0.00000441. The van der Waals surface area contributed by atoms with Crippen LogP contribution in [0.25, 0.3) is 0 Å². The average molecular weight is 384 g/mol. The maximum absolute atomic E-state index is 9.94. The first-order valence-electron chi connectivity index (χ1n) is 8.45. The summed E-state index contributed by atoms with van der Waals surface area (Å²) in [6.07, 6.45) is 4.12. The van der Waals surface area contributed by atoms with Crippen molar-refractivity contribution in [3.05, 3.63) is 0 Å². The highest BCUT2D eigenvalue weighted by Gasteiger charge is 2.42. The van der Waals surface area contributed by atoms with E-state index in [1.807, 2.05) is 7.05 Å². The van der Waals surface area contributed by atoms with E-state index in [1.54, 1.807) is 0 Å². The van der Waals surface area contributed by atoms with E-state index in [2.05, 4.69) is 6.92 Å². The van der Waals surface area contributed by atoms with Gasteiger partial charge < -0.3 is 41.9 Å². The molecule has 1 aliphatic heterocycles. The summed E-state index contributed by atoms with van der Waals surface area (Å²) in [6.45, 7) is 3.83. The minimum Gasteiger partial charge on any atom is -1.00 e. The van der Waals surface area contributed by atoms with Gasteiger partial charge in [0.15, 0.2) is 0 Å². The van der Waals surface area contributed by atoms with Crippen molar-refractivity contribution in [2.75, 3.05) is 26.7 Å². The molecule has 1 heterocycles. The second kappa shape index (κ2) is 10.9. The number of halogens is 1. The molecular formula is C16H34BrNO4. The van der Waals surface area contributed by atoms with Gasteiger partial charge in [0, 0.05) is 0 Å².